The summed E-state index contributed by atoms with van der Waals surface area (Å²) < 4.78 is 10.2. The Hall–Kier alpha value is -1.90. The number of nitrogens with two attached hydrogens (primary N) is 1. The maximum absolute atomic E-state index is 11.2. The summed E-state index contributed by atoms with van der Waals surface area (Å²) in [5.41, 5.74) is 5.29. The highest BCUT2D eigenvalue weighted by Gasteiger charge is 2.14. The maximum atomic E-state index is 11.2. The molecule has 0 unspecified atom stereocenters. The lowest BCUT2D eigenvalue weighted by atomic mass is 10.2. The standard InChI is InChI=1S/C19H28ClN5O2S/c1-14(2)12-24-18(9-8-17(21)26)22-25(19(24)28)13-23(3)10-11-27-16-6-4-15(20)5-7-16/h4-7,14H,8-13H2,1-3H3,(H2,21,26). The van der Waals surface area contributed by atoms with E-state index in [0.29, 0.717) is 42.0 Å². The first-order chi connectivity index (χ1) is 13.3. The average Bonchev–Trinajstić information content (AvgIpc) is 2.90. The van der Waals surface area contributed by atoms with Gasteiger partial charge in [-0.2, -0.15) is 5.10 Å². The fourth-order valence-corrected chi connectivity index (χ4v) is 3.10. The number of rotatable bonds is 11. The molecule has 0 bridgehead atoms. The van der Waals surface area contributed by atoms with Crippen LogP contribution in [0.25, 0.3) is 0 Å². The van der Waals surface area contributed by atoms with E-state index in [1.807, 2.05) is 23.7 Å². The molecule has 28 heavy (non-hydrogen) atoms. The van der Waals surface area contributed by atoms with Crippen LogP contribution in [0.3, 0.4) is 0 Å². The minimum Gasteiger partial charge on any atom is -0.492 e. The number of amides is 1. The van der Waals surface area contributed by atoms with Crippen LogP contribution in [0.2, 0.25) is 5.02 Å². The lowest BCUT2D eigenvalue weighted by Gasteiger charge is -2.16. The van der Waals surface area contributed by atoms with Crippen molar-refractivity contribution >= 4 is 29.7 Å². The minimum absolute atomic E-state index is 0.259. The van der Waals surface area contributed by atoms with E-state index >= 15 is 0 Å². The number of likely N-dealkylation sites (N-methyl/N-ethyl adjacent to an activating group) is 1. The van der Waals surface area contributed by atoms with Crippen molar-refractivity contribution in [3.05, 3.63) is 39.9 Å². The van der Waals surface area contributed by atoms with E-state index in [4.69, 9.17) is 34.3 Å². The van der Waals surface area contributed by atoms with Gasteiger partial charge in [-0.05, 0) is 49.4 Å². The number of hydrogen-bond donors (Lipinski definition) is 1. The largest absolute Gasteiger partial charge is 0.492 e. The summed E-state index contributed by atoms with van der Waals surface area (Å²) in [7, 11) is 1.98. The molecule has 2 aromatic rings. The molecule has 2 rings (SSSR count). The Kier molecular flexibility index (Phi) is 8.47. The summed E-state index contributed by atoms with van der Waals surface area (Å²) in [5, 5.41) is 5.30. The summed E-state index contributed by atoms with van der Waals surface area (Å²) >= 11 is 11.5. The zero-order chi connectivity index (χ0) is 20.7. The number of carbonyl (C=O) groups is 1. The molecule has 2 N–H and O–H groups in total. The molecule has 1 aromatic heterocycles. The van der Waals surface area contributed by atoms with Crippen LogP contribution in [-0.2, 0) is 24.4 Å². The van der Waals surface area contributed by atoms with Crippen LogP contribution in [0.15, 0.2) is 24.3 Å². The molecule has 0 aliphatic rings. The Morgan fingerprint density at radius 3 is 2.64 bits per heavy atom. The third-order valence-electron chi connectivity index (χ3n) is 4.07. The lowest BCUT2D eigenvalue weighted by Crippen LogP contribution is -2.27. The fraction of sp³-hybridized carbons (Fsp3) is 0.526. The van der Waals surface area contributed by atoms with Crippen molar-refractivity contribution in [2.45, 2.75) is 39.9 Å². The Labute approximate surface area is 176 Å². The molecule has 0 saturated heterocycles. The first-order valence-corrected chi connectivity index (χ1v) is 10.1. The van der Waals surface area contributed by atoms with Gasteiger partial charge >= 0.3 is 0 Å². The summed E-state index contributed by atoms with van der Waals surface area (Å²) in [4.78, 5) is 13.2. The van der Waals surface area contributed by atoms with Gasteiger partial charge in [0.15, 0.2) is 4.77 Å². The first kappa shape index (κ1) is 22.4. The molecule has 1 amide bonds. The second kappa shape index (κ2) is 10.6. The molecule has 1 aromatic carbocycles. The van der Waals surface area contributed by atoms with Crippen LogP contribution in [0, 0.1) is 10.7 Å². The minimum atomic E-state index is -0.340. The predicted octanol–water partition coefficient (Wildman–Crippen LogP) is 3.11. The first-order valence-electron chi connectivity index (χ1n) is 9.28. The van der Waals surface area contributed by atoms with Crippen LogP contribution < -0.4 is 10.5 Å². The van der Waals surface area contributed by atoms with Crippen molar-refractivity contribution in [3.63, 3.8) is 0 Å². The van der Waals surface area contributed by atoms with Gasteiger partial charge in [0, 0.05) is 31.0 Å². The van der Waals surface area contributed by atoms with Crippen molar-refractivity contribution < 1.29 is 9.53 Å². The molecule has 7 nitrogen and oxygen atoms in total. The molecule has 0 spiro atoms. The number of primary amides is 1. The van der Waals surface area contributed by atoms with E-state index in [9.17, 15) is 4.79 Å². The highest BCUT2D eigenvalue weighted by molar-refractivity contribution is 7.71. The van der Waals surface area contributed by atoms with Gasteiger partial charge in [0.2, 0.25) is 5.91 Å². The molecular formula is C19H28ClN5O2S. The second-order valence-electron chi connectivity index (χ2n) is 7.19. The van der Waals surface area contributed by atoms with Crippen LogP contribution in [0.4, 0.5) is 0 Å². The number of hydrogen-bond acceptors (Lipinski definition) is 5. The van der Waals surface area contributed by atoms with Gasteiger partial charge in [0.25, 0.3) is 0 Å². The number of nitrogens with zero attached hydrogens (tertiary/aromatic N) is 4. The molecule has 0 atom stereocenters. The van der Waals surface area contributed by atoms with Crippen LogP contribution in [0.1, 0.15) is 26.1 Å². The van der Waals surface area contributed by atoms with E-state index in [1.54, 1.807) is 16.8 Å². The van der Waals surface area contributed by atoms with Crippen molar-refractivity contribution in [2.24, 2.45) is 11.7 Å². The summed E-state index contributed by atoms with van der Waals surface area (Å²) in [6.07, 6.45) is 0.747. The fourth-order valence-electron chi connectivity index (χ4n) is 2.70. The van der Waals surface area contributed by atoms with Crippen LogP contribution >= 0.6 is 23.8 Å². The molecule has 0 aliphatic carbocycles. The SMILES string of the molecule is CC(C)Cn1c(CCC(N)=O)nn(CN(C)CCOc2ccc(Cl)cc2)c1=S. The summed E-state index contributed by atoms with van der Waals surface area (Å²) in [6.45, 7) is 6.78. The van der Waals surface area contributed by atoms with Gasteiger partial charge in [0.1, 0.15) is 18.2 Å². The number of ether oxygens (including phenoxy) is 1. The van der Waals surface area contributed by atoms with Crippen molar-refractivity contribution in [1.29, 1.82) is 0 Å². The number of aromatic nitrogens is 3. The molecule has 154 valence electrons. The van der Waals surface area contributed by atoms with Gasteiger partial charge in [-0.25, -0.2) is 4.68 Å². The number of halogens is 1. The van der Waals surface area contributed by atoms with Gasteiger partial charge in [-0.15, -0.1) is 0 Å². The highest BCUT2D eigenvalue weighted by atomic mass is 35.5. The number of carbonyl (C=O) groups excluding carboxylic acids is 1. The highest BCUT2D eigenvalue weighted by Crippen LogP contribution is 2.15. The van der Waals surface area contributed by atoms with E-state index in [0.717, 1.165) is 18.1 Å². The normalized spacial score (nSPS) is 11.4. The Balaban J connectivity index is 1.98. The van der Waals surface area contributed by atoms with Crippen molar-refractivity contribution in [2.75, 3.05) is 20.2 Å². The van der Waals surface area contributed by atoms with Crippen molar-refractivity contribution in [1.82, 2.24) is 19.2 Å². The molecule has 1 heterocycles. The summed E-state index contributed by atoms with van der Waals surface area (Å²) in [6, 6.07) is 7.29. The van der Waals surface area contributed by atoms with E-state index in [1.165, 1.54) is 0 Å². The Bertz CT molecular complexity index is 832. The molecule has 9 heteroatoms. The molecule has 0 radical (unpaired) electrons. The number of benzene rings is 1. The topological polar surface area (TPSA) is 78.3 Å². The third-order valence-corrected chi connectivity index (χ3v) is 4.76. The lowest BCUT2D eigenvalue weighted by molar-refractivity contribution is -0.118. The van der Waals surface area contributed by atoms with E-state index < -0.39 is 0 Å². The molecule has 0 aliphatic heterocycles. The van der Waals surface area contributed by atoms with Crippen LogP contribution in [-0.4, -0.2) is 45.4 Å². The molecule has 0 saturated carbocycles. The Morgan fingerprint density at radius 1 is 1.36 bits per heavy atom. The zero-order valence-electron chi connectivity index (χ0n) is 16.6. The molecular weight excluding hydrogens is 398 g/mol. The smallest absolute Gasteiger partial charge is 0.217 e. The zero-order valence-corrected chi connectivity index (χ0v) is 18.2. The Morgan fingerprint density at radius 2 is 2.04 bits per heavy atom. The van der Waals surface area contributed by atoms with Gasteiger partial charge < -0.3 is 15.0 Å². The van der Waals surface area contributed by atoms with E-state index in [-0.39, 0.29) is 12.3 Å². The predicted molar refractivity (Wildman–Crippen MR) is 113 cm³/mol. The van der Waals surface area contributed by atoms with E-state index in [2.05, 4.69) is 23.8 Å². The monoisotopic (exact) mass is 425 g/mol. The maximum Gasteiger partial charge on any atom is 0.217 e. The van der Waals surface area contributed by atoms with Gasteiger partial charge in [0.05, 0.1) is 6.67 Å². The van der Waals surface area contributed by atoms with Gasteiger partial charge in [-0.3, -0.25) is 9.69 Å². The average molecular weight is 426 g/mol. The molecule has 0 fully saturated rings. The number of aryl methyl sites for hydroxylation is 1. The summed E-state index contributed by atoms with van der Waals surface area (Å²) in [5.74, 6) is 1.66. The van der Waals surface area contributed by atoms with Crippen LogP contribution in [0.5, 0.6) is 5.75 Å². The third kappa shape index (κ3) is 6.92. The van der Waals surface area contributed by atoms with Crippen molar-refractivity contribution in [3.8, 4) is 5.75 Å². The quantitative estimate of drug-likeness (QED) is 0.559. The van der Waals surface area contributed by atoms with Gasteiger partial charge in [-0.1, -0.05) is 25.4 Å². The second-order valence-corrected chi connectivity index (χ2v) is 7.99.